The van der Waals surface area contributed by atoms with Crippen molar-refractivity contribution >= 4 is 17.1 Å². The van der Waals surface area contributed by atoms with Crippen molar-refractivity contribution < 1.29 is 4.74 Å². The summed E-state index contributed by atoms with van der Waals surface area (Å²) in [6.07, 6.45) is 10.4. The molecule has 6 unspecified atom stereocenters. The van der Waals surface area contributed by atoms with Crippen LogP contribution in [0.2, 0.25) is 0 Å². The lowest BCUT2D eigenvalue weighted by Gasteiger charge is -2.77. The van der Waals surface area contributed by atoms with Crippen LogP contribution in [0.4, 0.5) is 17.1 Å². The summed E-state index contributed by atoms with van der Waals surface area (Å²) in [4.78, 5) is 2.74. The van der Waals surface area contributed by atoms with Crippen LogP contribution in [0, 0.1) is 29.1 Å². The van der Waals surface area contributed by atoms with Crippen LogP contribution in [0.1, 0.15) is 140 Å². The molecule has 2 heteroatoms. The number of para-hydroxylation sites is 1. The first-order chi connectivity index (χ1) is 27.7. The Morgan fingerprint density at radius 3 is 1.76 bits per heavy atom. The van der Waals surface area contributed by atoms with Crippen molar-refractivity contribution in [3.63, 3.8) is 0 Å². The third kappa shape index (κ3) is 4.30. The maximum atomic E-state index is 7.32. The highest BCUT2D eigenvalue weighted by Crippen LogP contribution is 2.89. The van der Waals surface area contributed by atoms with E-state index in [1.807, 2.05) is 0 Å². The molecule has 0 amide bonds. The first-order valence-electron chi connectivity index (χ1n) is 22.8. The second kappa shape index (κ2) is 11.3. The minimum absolute atomic E-state index is 0.0319. The van der Waals surface area contributed by atoms with Crippen molar-refractivity contribution in [2.45, 2.75) is 134 Å². The number of fused-ring (bicyclic) bond motifs is 9. The van der Waals surface area contributed by atoms with E-state index >= 15 is 0 Å². The van der Waals surface area contributed by atoms with Crippen LogP contribution in [-0.4, -0.2) is 0 Å². The van der Waals surface area contributed by atoms with E-state index in [4.69, 9.17) is 4.74 Å². The maximum absolute atomic E-state index is 7.32. The summed E-state index contributed by atoms with van der Waals surface area (Å²) in [5.74, 6) is 5.33. The molecule has 0 aromatic heterocycles. The Balaban J connectivity index is 1.13. The molecule has 2 nitrogen and oxygen atoms in total. The first-order valence-corrected chi connectivity index (χ1v) is 22.8. The van der Waals surface area contributed by atoms with E-state index < -0.39 is 0 Å². The van der Waals surface area contributed by atoms with Gasteiger partial charge in [-0.25, -0.2) is 0 Å². The van der Waals surface area contributed by atoms with Gasteiger partial charge in [0.05, 0.1) is 11.4 Å². The fourth-order valence-corrected chi connectivity index (χ4v) is 15.3. The van der Waals surface area contributed by atoms with E-state index in [9.17, 15) is 0 Å². The summed E-state index contributed by atoms with van der Waals surface area (Å²) in [6, 6.07) is 40.1. The minimum atomic E-state index is -0.0319. The lowest BCUT2D eigenvalue weighted by atomic mass is 9.26. The van der Waals surface area contributed by atoms with Crippen LogP contribution in [0.15, 0.2) is 103 Å². The largest absolute Gasteiger partial charge is 0.456 e. The zero-order chi connectivity index (χ0) is 39.8. The predicted octanol–water partition coefficient (Wildman–Crippen LogP) is 15.0. The van der Waals surface area contributed by atoms with Gasteiger partial charge in [0.2, 0.25) is 0 Å². The molecule has 1 aliphatic heterocycles. The number of benzene rings is 5. The molecule has 0 radical (unpaired) electrons. The Bertz CT molecular complexity index is 2480. The monoisotopic (exact) mass is 763 g/mol. The summed E-state index contributed by atoms with van der Waals surface area (Å²) in [7, 11) is 0. The van der Waals surface area contributed by atoms with Gasteiger partial charge in [-0.1, -0.05) is 128 Å². The normalized spacial score (nSPS) is 31.4. The second-order valence-corrected chi connectivity index (χ2v) is 22.7. The van der Waals surface area contributed by atoms with E-state index in [0.29, 0.717) is 17.3 Å². The van der Waals surface area contributed by atoms with Crippen LogP contribution in [0.5, 0.6) is 11.5 Å². The van der Waals surface area contributed by atoms with Crippen LogP contribution < -0.4 is 9.64 Å². The van der Waals surface area contributed by atoms with Crippen LogP contribution >= 0.6 is 0 Å². The molecule has 58 heavy (non-hydrogen) atoms. The Hall–Kier alpha value is -4.30. The molecular formula is C56H61NO. The predicted molar refractivity (Wildman–Crippen MR) is 239 cm³/mol. The summed E-state index contributed by atoms with van der Waals surface area (Å²) in [5, 5.41) is 0. The van der Waals surface area contributed by atoms with Crippen LogP contribution in [0.3, 0.4) is 0 Å². The molecule has 7 aliphatic rings. The second-order valence-electron chi connectivity index (χ2n) is 22.7. The Labute approximate surface area is 347 Å². The van der Waals surface area contributed by atoms with Crippen LogP contribution in [0.25, 0.3) is 11.1 Å². The van der Waals surface area contributed by atoms with E-state index in [0.717, 1.165) is 23.3 Å². The molecule has 0 N–H and O–H groups in total. The SMILES string of the molecule is CC1(C)CCC(C)(C)c2c(N(c3ccc4c(c3)C3(c5cccc(-c6ccccc6)c5O4)C4CC5CC6CC3C64C5)c3cccc4c3C(C)(C)CCC4(C)C)cccc21. The standard InChI is InChI=1S/C56H61NO/c1-51(2)25-27-53(5,6)48-39(51)18-13-21-43(48)57(44-22-14-19-40-49(44)54(7,8)28-26-52(40,3)4)37-23-24-45-42(32-37)56(46-30-34-29-36-31-47(56)55(36,46)33-34)41-20-12-17-38(50(41)58-45)35-15-10-9-11-16-35/h9-24,32,34,36,46-47H,25-31,33H2,1-8H3. The molecule has 12 rings (SSSR count). The first kappa shape index (κ1) is 35.6. The molecule has 0 saturated heterocycles. The highest BCUT2D eigenvalue weighted by atomic mass is 16.5. The zero-order valence-corrected chi connectivity index (χ0v) is 36.1. The summed E-state index contributed by atoms with van der Waals surface area (Å²) < 4.78 is 7.32. The molecule has 5 aromatic rings. The van der Waals surface area contributed by atoms with Crippen molar-refractivity contribution in [2.75, 3.05) is 4.90 Å². The van der Waals surface area contributed by atoms with Gasteiger partial charge in [-0.2, -0.15) is 0 Å². The Kier molecular flexibility index (Phi) is 6.93. The van der Waals surface area contributed by atoms with Crippen molar-refractivity contribution in [1.29, 1.82) is 0 Å². The Morgan fingerprint density at radius 1 is 0.534 bits per heavy atom. The van der Waals surface area contributed by atoms with Gasteiger partial charge < -0.3 is 9.64 Å². The average Bonchev–Trinajstić information content (AvgIpc) is 3.74. The highest BCUT2D eigenvalue weighted by Gasteiger charge is 2.84. The third-order valence-electron chi connectivity index (χ3n) is 18.1. The number of nitrogens with zero attached hydrogens (tertiary/aromatic N) is 1. The van der Waals surface area contributed by atoms with Gasteiger partial charge in [-0.15, -0.1) is 0 Å². The average molecular weight is 764 g/mol. The molecule has 5 aromatic carbocycles. The molecular weight excluding hydrogens is 703 g/mol. The van der Waals surface area contributed by atoms with Gasteiger partial charge in [0.25, 0.3) is 0 Å². The lowest BCUT2D eigenvalue weighted by Crippen LogP contribution is -2.74. The van der Waals surface area contributed by atoms with Gasteiger partial charge in [-0.3, -0.25) is 0 Å². The molecule has 4 saturated carbocycles. The van der Waals surface area contributed by atoms with Crippen molar-refractivity contribution in [3.8, 4) is 22.6 Å². The molecule has 4 fully saturated rings. The molecule has 6 aliphatic carbocycles. The molecule has 1 heterocycles. The van der Waals surface area contributed by atoms with Crippen molar-refractivity contribution in [3.05, 3.63) is 137 Å². The van der Waals surface area contributed by atoms with E-state index in [2.05, 4.69) is 163 Å². The minimum Gasteiger partial charge on any atom is -0.456 e. The highest BCUT2D eigenvalue weighted by molar-refractivity contribution is 5.86. The third-order valence-corrected chi connectivity index (χ3v) is 18.1. The van der Waals surface area contributed by atoms with Crippen LogP contribution in [-0.2, 0) is 27.1 Å². The number of anilines is 3. The fourth-order valence-electron chi connectivity index (χ4n) is 15.3. The van der Waals surface area contributed by atoms with Crippen molar-refractivity contribution in [1.82, 2.24) is 0 Å². The molecule has 296 valence electrons. The number of hydrogen-bond acceptors (Lipinski definition) is 2. The number of hydrogen-bond donors (Lipinski definition) is 0. The zero-order valence-electron chi connectivity index (χ0n) is 36.1. The summed E-state index contributed by atoms with van der Waals surface area (Å²) in [5.41, 5.74) is 16.2. The quantitative estimate of drug-likeness (QED) is 0.181. The fraction of sp³-hybridized carbons (Fsp3) is 0.464. The van der Waals surface area contributed by atoms with E-state index in [1.165, 1.54) is 113 Å². The van der Waals surface area contributed by atoms with Gasteiger partial charge in [0.15, 0.2) is 0 Å². The van der Waals surface area contributed by atoms with Crippen molar-refractivity contribution in [2.24, 2.45) is 29.1 Å². The lowest BCUT2D eigenvalue weighted by molar-refractivity contribution is -0.235. The molecule has 6 atom stereocenters. The number of ether oxygens (including phenoxy) is 1. The Morgan fingerprint density at radius 2 is 1.12 bits per heavy atom. The van der Waals surface area contributed by atoms with Gasteiger partial charge in [0.1, 0.15) is 11.5 Å². The summed E-state index contributed by atoms with van der Waals surface area (Å²) >= 11 is 0. The van der Waals surface area contributed by atoms with Gasteiger partial charge >= 0.3 is 0 Å². The topological polar surface area (TPSA) is 12.5 Å². The maximum Gasteiger partial charge on any atom is 0.139 e. The smallest absolute Gasteiger partial charge is 0.139 e. The number of rotatable bonds is 4. The van der Waals surface area contributed by atoms with E-state index in [-0.39, 0.29) is 27.1 Å². The molecule has 2 spiro atoms. The van der Waals surface area contributed by atoms with E-state index in [1.54, 1.807) is 0 Å². The molecule has 2 bridgehead atoms. The van der Waals surface area contributed by atoms with Gasteiger partial charge in [0, 0.05) is 27.8 Å². The summed E-state index contributed by atoms with van der Waals surface area (Å²) in [6.45, 7) is 19.9. The van der Waals surface area contributed by atoms with Gasteiger partial charge in [-0.05, 0) is 160 Å².